The second-order valence-corrected chi connectivity index (χ2v) is 18.0. The van der Waals surface area contributed by atoms with Crippen LogP contribution in [0.25, 0.3) is 58.8 Å². The molecule has 0 unspecified atom stereocenters. The van der Waals surface area contributed by atoms with E-state index in [2.05, 4.69) is 167 Å². The molecule has 7 aromatic carbocycles. The molecule has 4 bridgehead atoms. The number of nitrogens with zero attached hydrogens (tertiary/aromatic N) is 2. The van der Waals surface area contributed by atoms with Crippen LogP contribution in [-0.2, 0) is 5.41 Å². The molecule has 4 fully saturated rings. The zero-order valence-electron chi connectivity index (χ0n) is 30.7. The normalized spacial score (nSPS) is 23.3. The maximum atomic E-state index is 2.64. The van der Waals surface area contributed by atoms with Gasteiger partial charge >= 0.3 is 0 Å². The number of rotatable bonds is 4. The number of hydrogen-bond acceptors (Lipinski definition) is 2. The monoisotopic (exact) mass is 724 g/mol. The molecule has 0 atom stereocenters. The van der Waals surface area contributed by atoms with E-state index in [1.807, 2.05) is 11.3 Å². The van der Waals surface area contributed by atoms with Gasteiger partial charge < -0.3 is 9.47 Å². The van der Waals surface area contributed by atoms with Crippen LogP contribution in [0.1, 0.15) is 43.2 Å². The van der Waals surface area contributed by atoms with Crippen LogP contribution in [0.4, 0.5) is 17.1 Å². The topological polar surface area (TPSA) is 8.17 Å². The fourth-order valence-corrected chi connectivity index (χ4v) is 13.7. The summed E-state index contributed by atoms with van der Waals surface area (Å²) in [5.41, 5.74) is 13.5. The summed E-state index contributed by atoms with van der Waals surface area (Å²) in [6, 6.07) is 59.9. The average Bonchev–Trinajstić information content (AvgIpc) is 3.86. The minimum absolute atomic E-state index is 0.111. The second kappa shape index (κ2) is 11.2. The first-order valence-corrected chi connectivity index (χ1v) is 21.1. The van der Waals surface area contributed by atoms with Gasteiger partial charge in [-0.15, -0.1) is 11.3 Å². The Morgan fingerprint density at radius 3 is 1.89 bits per heavy atom. The van der Waals surface area contributed by atoms with E-state index in [1.165, 1.54) is 108 Å². The summed E-state index contributed by atoms with van der Waals surface area (Å²) in [4.78, 5) is 2.56. The standard InChI is InChI=1S/C52H40N2S/c1-2-10-36(11-3-1)54-48-16-8-5-13-42(48)43-22-19-38(30-49(43)54)53(39-20-23-45-44-14-6-9-17-50(44)55-51(45)31-39)37-18-21-41-40-12-4-7-15-46(40)52(47(41)29-37)34-25-32-24-33(27-34)28-35(52)26-32/h1-23,29-35H,24-28H2. The van der Waals surface area contributed by atoms with Crippen LogP contribution in [-0.4, -0.2) is 4.57 Å². The minimum atomic E-state index is 0.111. The van der Waals surface area contributed by atoms with Crippen molar-refractivity contribution >= 4 is 70.4 Å². The largest absolute Gasteiger partial charge is 0.310 e. The van der Waals surface area contributed by atoms with Crippen LogP contribution in [0.5, 0.6) is 0 Å². The molecule has 0 saturated heterocycles. The third-order valence-electron chi connectivity index (χ3n) is 14.3. The molecule has 1 spiro atoms. The molecule has 0 aliphatic heterocycles. The predicted molar refractivity (Wildman–Crippen MR) is 232 cm³/mol. The summed E-state index contributed by atoms with van der Waals surface area (Å²) in [5.74, 6) is 3.28. The van der Waals surface area contributed by atoms with Gasteiger partial charge in [0, 0.05) is 59.1 Å². The summed E-state index contributed by atoms with van der Waals surface area (Å²) in [6.07, 6.45) is 7.01. The van der Waals surface area contributed by atoms with Crippen molar-refractivity contribution in [3.8, 4) is 16.8 Å². The highest BCUT2D eigenvalue weighted by molar-refractivity contribution is 7.25. The molecule has 0 radical (unpaired) electrons. The lowest BCUT2D eigenvalue weighted by molar-refractivity contribution is -0.0399. The minimum Gasteiger partial charge on any atom is -0.310 e. The fourth-order valence-electron chi connectivity index (χ4n) is 12.5. The van der Waals surface area contributed by atoms with Gasteiger partial charge in [-0.05, 0) is 139 Å². The zero-order chi connectivity index (χ0) is 35.8. The average molecular weight is 725 g/mol. The lowest BCUT2D eigenvalue weighted by Gasteiger charge is -2.61. The Kier molecular flexibility index (Phi) is 6.25. The van der Waals surface area contributed by atoms with Gasteiger partial charge in [0.1, 0.15) is 0 Å². The molecule has 2 nitrogen and oxygen atoms in total. The van der Waals surface area contributed by atoms with E-state index >= 15 is 0 Å². The third-order valence-corrected chi connectivity index (χ3v) is 15.5. The molecule has 0 amide bonds. The van der Waals surface area contributed by atoms with Crippen molar-refractivity contribution in [2.75, 3.05) is 4.90 Å². The Balaban J connectivity index is 1.07. The van der Waals surface area contributed by atoms with Gasteiger partial charge in [-0.1, -0.05) is 97.1 Å². The maximum absolute atomic E-state index is 2.64. The van der Waals surface area contributed by atoms with Crippen molar-refractivity contribution in [1.29, 1.82) is 0 Å². The molecular weight excluding hydrogens is 685 g/mol. The summed E-state index contributed by atoms with van der Waals surface area (Å²) in [5, 5.41) is 5.24. The number of thiophene rings is 1. The number of benzene rings is 7. The SMILES string of the molecule is c1ccc(-n2c3ccccc3c3ccc(N(c4ccc5c(c4)C4(c6ccccc6-5)C5CC6CC(C5)CC4C6)c4ccc5c(c4)sc4ccccc45)cc32)cc1. The van der Waals surface area contributed by atoms with Crippen LogP contribution in [0.15, 0.2) is 158 Å². The Bertz CT molecular complexity index is 2990. The predicted octanol–water partition coefficient (Wildman–Crippen LogP) is 14.3. The van der Waals surface area contributed by atoms with Gasteiger partial charge in [-0.3, -0.25) is 0 Å². The highest BCUT2D eigenvalue weighted by Gasteiger charge is 2.61. The van der Waals surface area contributed by atoms with Crippen molar-refractivity contribution < 1.29 is 0 Å². The van der Waals surface area contributed by atoms with Gasteiger partial charge in [0.25, 0.3) is 0 Å². The van der Waals surface area contributed by atoms with E-state index in [0.717, 1.165) is 23.7 Å². The van der Waals surface area contributed by atoms with E-state index in [1.54, 1.807) is 11.1 Å². The first-order valence-electron chi connectivity index (χ1n) is 20.3. The van der Waals surface area contributed by atoms with Gasteiger partial charge in [0.05, 0.1) is 11.0 Å². The van der Waals surface area contributed by atoms with Crippen molar-refractivity contribution in [3.05, 3.63) is 169 Å². The van der Waals surface area contributed by atoms with Crippen LogP contribution in [0, 0.1) is 23.7 Å². The van der Waals surface area contributed by atoms with E-state index < -0.39 is 0 Å². The molecular formula is C52H40N2S. The molecule has 3 heteroatoms. The number of aromatic nitrogens is 1. The number of hydrogen-bond donors (Lipinski definition) is 0. The number of anilines is 3. The molecule has 4 saturated carbocycles. The number of para-hydroxylation sites is 2. The van der Waals surface area contributed by atoms with Crippen LogP contribution < -0.4 is 4.90 Å². The fraction of sp³-hybridized carbons (Fsp3) is 0.192. The highest BCUT2D eigenvalue weighted by atomic mass is 32.1. The lowest BCUT2D eigenvalue weighted by Crippen LogP contribution is -2.55. The maximum Gasteiger partial charge on any atom is 0.0561 e. The summed E-state index contributed by atoms with van der Waals surface area (Å²) >= 11 is 1.90. The summed E-state index contributed by atoms with van der Waals surface area (Å²) in [7, 11) is 0. The summed E-state index contributed by atoms with van der Waals surface area (Å²) in [6.45, 7) is 0. The molecule has 264 valence electrons. The second-order valence-electron chi connectivity index (χ2n) is 17.0. The Labute approximate surface area is 325 Å². The summed E-state index contributed by atoms with van der Waals surface area (Å²) < 4.78 is 5.12. The molecule has 2 heterocycles. The quantitative estimate of drug-likeness (QED) is 0.175. The van der Waals surface area contributed by atoms with E-state index in [9.17, 15) is 0 Å². The van der Waals surface area contributed by atoms with E-state index in [-0.39, 0.29) is 5.41 Å². The molecule has 9 aromatic rings. The first kappa shape index (κ1) is 30.7. The molecule has 14 rings (SSSR count). The molecule has 5 aliphatic carbocycles. The number of fused-ring (bicyclic) bond motifs is 9. The Morgan fingerprint density at radius 1 is 0.455 bits per heavy atom. The zero-order valence-corrected chi connectivity index (χ0v) is 31.5. The van der Waals surface area contributed by atoms with E-state index in [4.69, 9.17) is 0 Å². The van der Waals surface area contributed by atoms with Crippen LogP contribution in [0.2, 0.25) is 0 Å². The molecule has 55 heavy (non-hydrogen) atoms. The molecule has 2 aromatic heterocycles. The van der Waals surface area contributed by atoms with E-state index in [0.29, 0.717) is 0 Å². The van der Waals surface area contributed by atoms with Crippen molar-refractivity contribution in [2.45, 2.75) is 37.5 Å². The van der Waals surface area contributed by atoms with Gasteiger partial charge in [0.15, 0.2) is 0 Å². The van der Waals surface area contributed by atoms with Gasteiger partial charge in [-0.2, -0.15) is 0 Å². The Hall–Kier alpha value is -5.64. The van der Waals surface area contributed by atoms with Gasteiger partial charge in [-0.25, -0.2) is 0 Å². The Morgan fingerprint density at radius 2 is 1.05 bits per heavy atom. The van der Waals surface area contributed by atoms with Crippen molar-refractivity contribution in [1.82, 2.24) is 4.57 Å². The smallest absolute Gasteiger partial charge is 0.0561 e. The highest BCUT2D eigenvalue weighted by Crippen LogP contribution is 2.69. The lowest BCUT2D eigenvalue weighted by atomic mass is 9.43. The molecule has 0 N–H and O–H groups in total. The van der Waals surface area contributed by atoms with Crippen LogP contribution in [0.3, 0.4) is 0 Å². The van der Waals surface area contributed by atoms with Gasteiger partial charge in [0.2, 0.25) is 0 Å². The van der Waals surface area contributed by atoms with Crippen molar-refractivity contribution in [2.24, 2.45) is 23.7 Å². The van der Waals surface area contributed by atoms with Crippen molar-refractivity contribution in [3.63, 3.8) is 0 Å². The van der Waals surface area contributed by atoms with Crippen LogP contribution >= 0.6 is 11.3 Å². The molecule has 5 aliphatic rings. The first-order chi connectivity index (χ1) is 27.2. The third kappa shape index (κ3) is 4.14.